The predicted molar refractivity (Wildman–Crippen MR) is 50.7 cm³/mol. The number of nitrogens with two attached hydrogens (primary N) is 1. The van der Waals surface area contributed by atoms with Crippen LogP contribution >= 0.6 is 11.6 Å². The Morgan fingerprint density at radius 3 is 2.85 bits per heavy atom. The van der Waals surface area contributed by atoms with Crippen molar-refractivity contribution in [1.82, 2.24) is 0 Å². The van der Waals surface area contributed by atoms with Gasteiger partial charge in [0, 0.05) is 6.54 Å². The third-order valence-corrected chi connectivity index (χ3v) is 2.02. The number of halogens is 1. The standard InChI is InChI=1S/C9H10ClNO2/c1-13-9(12)8-6(5-11)3-2-4-7(8)10/h2-4H,5,11H2,1H3. The molecule has 0 aliphatic heterocycles. The van der Waals surface area contributed by atoms with Gasteiger partial charge in [-0.25, -0.2) is 4.79 Å². The SMILES string of the molecule is COC(=O)c1c(Cl)cccc1CN. The van der Waals surface area contributed by atoms with Gasteiger partial charge in [0.15, 0.2) is 0 Å². The smallest absolute Gasteiger partial charge is 0.339 e. The van der Waals surface area contributed by atoms with E-state index in [9.17, 15) is 4.79 Å². The molecule has 0 aromatic heterocycles. The van der Waals surface area contributed by atoms with E-state index in [-0.39, 0.29) is 6.54 Å². The summed E-state index contributed by atoms with van der Waals surface area (Å²) in [7, 11) is 1.31. The van der Waals surface area contributed by atoms with Gasteiger partial charge in [0.2, 0.25) is 0 Å². The number of hydrogen-bond acceptors (Lipinski definition) is 3. The molecule has 0 heterocycles. The molecule has 0 saturated heterocycles. The average Bonchev–Trinajstić information content (AvgIpc) is 2.16. The topological polar surface area (TPSA) is 52.3 Å². The van der Waals surface area contributed by atoms with E-state index >= 15 is 0 Å². The number of methoxy groups -OCH3 is 1. The Kier molecular flexibility index (Phi) is 3.28. The van der Waals surface area contributed by atoms with Crippen LogP contribution in [0.3, 0.4) is 0 Å². The van der Waals surface area contributed by atoms with E-state index in [2.05, 4.69) is 4.74 Å². The van der Waals surface area contributed by atoms with Gasteiger partial charge in [-0.3, -0.25) is 0 Å². The zero-order chi connectivity index (χ0) is 9.84. The highest BCUT2D eigenvalue weighted by Crippen LogP contribution is 2.20. The average molecular weight is 200 g/mol. The third kappa shape index (κ3) is 1.99. The van der Waals surface area contributed by atoms with Gasteiger partial charge in [-0.1, -0.05) is 23.7 Å². The molecule has 1 aromatic carbocycles. The zero-order valence-electron chi connectivity index (χ0n) is 7.21. The number of rotatable bonds is 2. The maximum atomic E-state index is 11.3. The first-order valence-electron chi connectivity index (χ1n) is 3.76. The number of hydrogen-bond donors (Lipinski definition) is 1. The van der Waals surface area contributed by atoms with Crippen LogP contribution in [-0.2, 0) is 11.3 Å². The lowest BCUT2D eigenvalue weighted by Crippen LogP contribution is -2.09. The summed E-state index contributed by atoms with van der Waals surface area (Å²) in [4.78, 5) is 11.3. The Morgan fingerprint density at radius 2 is 2.31 bits per heavy atom. The van der Waals surface area contributed by atoms with Gasteiger partial charge in [-0.2, -0.15) is 0 Å². The molecule has 13 heavy (non-hydrogen) atoms. The first-order chi connectivity index (χ1) is 6.20. The van der Waals surface area contributed by atoms with E-state index in [1.54, 1.807) is 18.2 Å². The van der Waals surface area contributed by atoms with Crippen molar-refractivity contribution in [2.45, 2.75) is 6.54 Å². The third-order valence-electron chi connectivity index (χ3n) is 1.71. The van der Waals surface area contributed by atoms with E-state index in [0.29, 0.717) is 16.1 Å². The zero-order valence-corrected chi connectivity index (χ0v) is 7.97. The molecule has 0 atom stereocenters. The Balaban J connectivity index is 3.22. The molecule has 1 aromatic rings. The minimum Gasteiger partial charge on any atom is -0.465 e. The fraction of sp³-hybridized carbons (Fsp3) is 0.222. The van der Waals surface area contributed by atoms with Crippen molar-refractivity contribution >= 4 is 17.6 Å². The molecule has 1 rings (SSSR count). The molecule has 70 valence electrons. The fourth-order valence-electron chi connectivity index (χ4n) is 1.07. The highest BCUT2D eigenvalue weighted by molar-refractivity contribution is 6.33. The minimum atomic E-state index is -0.453. The molecular formula is C9H10ClNO2. The van der Waals surface area contributed by atoms with Crippen molar-refractivity contribution in [1.29, 1.82) is 0 Å². The monoisotopic (exact) mass is 199 g/mol. The summed E-state index contributed by atoms with van der Waals surface area (Å²) in [6, 6.07) is 5.13. The van der Waals surface area contributed by atoms with E-state index in [0.717, 1.165) is 0 Å². The summed E-state index contributed by atoms with van der Waals surface area (Å²) >= 11 is 5.83. The van der Waals surface area contributed by atoms with Crippen molar-refractivity contribution in [2.75, 3.05) is 7.11 Å². The molecule has 0 amide bonds. The summed E-state index contributed by atoms with van der Waals surface area (Å²) < 4.78 is 4.58. The second-order valence-corrected chi connectivity index (χ2v) is 2.88. The van der Waals surface area contributed by atoms with E-state index in [1.807, 2.05) is 0 Å². The summed E-state index contributed by atoms with van der Waals surface area (Å²) in [5.74, 6) is -0.453. The molecule has 0 spiro atoms. The van der Waals surface area contributed by atoms with Gasteiger partial charge in [0.05, 0.1) is 17.7 Å². The normalized spacial score (nSPS) is 9.77. The van der Waals surface area contributed by atoms with Crippen LogP contribution in [0.15, 0.2) is 18.2 Å². The largest absolute Gasteiger partial charge is 0.465 e. The molecule has 3 nitrogen and oxygen atoms in total. The molecule has 0 fully saturated rings. The van der Waals surface area contributed by atoms with Crippen molar-refractivity contribution in [3.05, 3.63) is 34.3 Å². The molecule has 0 saturated carbocycles. The van der Waals surface area contributed by atoms with Gasteiger partial charge in [0.25, 0.3) is 0 Å². The van der Waals surface area contributed by atoms with E-state index in [1.165, 1.54) is 7.11 Å². The fourth-order valence-corrected chi connectivity index (χ4v) is 1.34. The van der Waals surface area contributed by atoms with Gasteiger partial charge < -0.3 is 10.5 Å². The number of carbonyl (C=O) groups is 1. The first-order valence-corrected chi connectivity index (χ1v) is 4.14. The summed E-state index contributed by atoms with van der Waals surface area (Å²) in [6.45, 7) is 0.269. The maximum absolute atomic E-state index is 11.3. The molecule has 4 heteroatoms. The van der Waals surface area contributed by atoms with Gasteiger partial charge >= 0.3 is 5.97 Å². The Labute approximate surface area is 81.4 Å². The van der Waals surface area contributed by atoms with Crippen LogP contribution in [0.25, 0.3) is 0 Å². The molecule has 0 unspecified atom stereocenters. The first kappa shape index (κ1) is 10.0. The predicted octanol–water partition coefficient (Wildman–Crippen LogP) is 1.59. The van der Waals surface area contributed by atoms with Crippen LogP contribution in [-0.4, -0.2) is 13.1 Å². The van der Waals surface area contributed by atoms with E-state index < -0.39 is 5.97 Å². The molecule has 0 radical (unpaired) electrons. The molecular weight excluding hydrogens is 190 g/mol. The second kappa shape index (κ2) is 4.25. The van der Waals surface area contributed by atoms with Gasteiger partial charge in [0.1, 0.15) is 0 Å². The lowest BCUT2D eigenvalue weighted by atomic mass is 10.1. The van der Waals surface area contributed by atoms with Crippen molar-refractivity contribution in [3.8, 4) is 0 Å². The maximum Gasteiger partial charge on any atom is 0.339 e. The van der Waals surface area contributed by atoms with Crippen LogP contribution in [0, 0.1) is 0 Å². The highest BCUT2D eigenvalue weighted by Gasteiger charge is 2.14. The Hall–Kier alpha value is -1.06. The van der Waals surface area contributed by atoms with Crippen molar-refractivity contribution in [2.24, 2.45) is 5.73 Å². The van der Waals surface area contributed by atoms with Crippen LogP contribution < -0.4 is 5.73 Å². The molecule has 0 aliphatic rings. The van der Waals surface area contributed by atoms with Crippen molar-refractivity contribution < 1.29 is 9.53 Å². The quantitative estimate of drug-likeness (QED) is 0.736. The minimum absolute atomic E-state index is 0.269. The van der Waals surface area contributed by atoms with E-state index in [4.69, 9.17) is 17.3 Å². The number of esters is 1. The van der Waals surface area contributed by atoms with Gasteiger partial charge in [-0.15, -0.1) is 0 Å². The lowest BCUT2D eigenvalue weighted by Gasteiger charge is -2.06. The summed E-state index contributed by atoms with van der Waals surface area (Å²) in [5, 5.41) is 0.370. The lowest BCUT2D eigenvalue weighted by molar-refractivity contribution is 0.0599. The van der Waals surface area contributed by atoms with Gasteiger partial charge in [-0.05, 0) is 11.6 Å². The Morgan fingerprint density at radius 1 is 1.62 bits per heavy atom. The van der Waals surface area contributed by atoms with Crippen LogP contribution in [0.4, 0.5) is 0 Å². The number of benzene rings is 1. The highest BCUT2D eigenvalue weighted by atomic mass is 35.5. The molecule has 2 N–H and O–H groups in total. The molecule has 0 aliphatic carbocycles. The summed E-state index contributed by atoms with van der Waals surface area (Å²) in [6.07, 6.45) is 0. The van der Waals surface area contributed by atoms with Crippen LogP contribution in [0.2, 0.25) is 5.02 Å². The molecule has 0 bridgehead atoms. The Bertz CT molecular complexity index is 325. The number of carbonyl (C=O) groups excluding carboxylic acids is 1. The summed E-state index contributed by atoms with van der Waals surface area (Å²) in [5.41, 5.74) is 6.50. The number of ether oxygens (including phenoxy) is 1. The second-order valence-electron chi connectivity index (χ2n) is 2.47. The van der Waals surface area contributed by atoms with Crippen LogP contribution in [0.5, 0.6) is 0 Å². The van der Waals surface area contributed by atoms with Crippen LogP contribution in [0.1, 0.15) is 15.9 Å². The van der Waals surface area contributed by atoms with Crippen molar-refractivity contribution in [3.63, 3.8) is 0 Å².